The van der Waals surface area contributed by atoms with Crippen molar-refractivity contribution < 1.29 is 114 Å². The van der Waals surface area contributed by atoms with E-state index in [1.54, 1.807) is 5.32 Å². The van der Waals surface area contributed by atoms with E-state index in [0.717, 1.165) is 14.0 Å². The molecule has 0 aromatic heterocycles. The van der Waals surface area contributed by atoms with Gasteiger partial charge in [0.05, 0.1) is 23.3 Å². The number of carboxylic acids is 2. The molecule has 26 atom stereocenters. The van der Waals surface area contributed by atoms with E-state index in [2.05, 4.69) is 9.47 Å². The molecule has 0 bridgehead atoms. The molecule has 0 aromatic carbocycles. The van der Waals surface area contributed by atoms with Gasteiger partial charge in [0.25, 0.3) is 0 Å². The first kappa shape index (κ1) is 51.9. The summed E-state index contributed by atoms with van der Waals surface area (Å²) in [5.41, 5.74) is 0. The van der Waals surface area contributed by atoms with Crippen LogP contribution < -0.4 is 10.6 Å². The second-order valence-electron chi connectivity index (χ2n) is 16.6. The Hall–Kier alpha value is -3.10. The Morgan fingerprint density at radius 1 is 0.422 bits per heavy atom. The third kappa shape index (κ3) is 8.67. The van der Waals surface area contributed by atoms with Gasteiger partial charge in [-0.25, -0.2) is 74.6 Å². The summed E-state index contributed by atoms with van der Waals surface area (Å²) in [6, 6.07) is -2.48. The number of aliphatic carboxylic acids is 2. The van der Waals surface area contributed by atoms with Gasteiger partial charge in [-0.2, -0.15) is 0 Å². The van der Waals surface area contributed by atoms with E-state index < -0.39 is 206 Å². The van der Waals surface area contributed by atoms with Crippen molar-refractivity contribution in [2.24, 2.45) is 41.4 Å². The van der Waals surface area contributed by atoms with Crippen molar-refractivity contribution in [3.05, 3.63) is 0 Å². The SMILES string of the molecule is CNC(=O)C1C(F)C(OC2C(F)C(F)C(C3C(F)C(F)C(OC4C(F)C(F)C(C(=O)O)C(C(=O)NC5C(F)C(C)C(F)C(Cl)C5F)C4F)C(F)C3F)C(F)C2F)C(F)C(F)C1C(=O)O. The van der Waals surface area contributed by atoms with Gasteiger partial charge in [-0.05, 0) is 0 Å². The zero-order valence-electron chi connectivity index (χ0n) is 32.5. The molecule has 0 heterocycles. The normalized spacial score (nSPS) is 53.5. The quantitative estimate of drug-likeness (QED) is 0.183. The number of hydrogen-bond donors (Lipinski definition) is 4. The van der Waals surface area contributed by atoms with Gasteiger partial charge in [0, 0.05) is 24.8 Å². The van der Waals surface area contributed by atoms with Crippen molar-refractivity contribution >= 4 is 35.4 Å². The summed E-state index contributed by atoms with van der Waals surface area (Å²) in [4.78, 5) is 48.9. The molecule has 0 aliphatic heterocycles. The van der Waals surface area contributed by atoms with Crippen molar-refractivity contribution in [2.75, 3.05) is 7.05 Å². The van der Waals surface area contributed by atoms with Gasteiger partial charge in [-0.15, -0.1) is 11.6 Å². The van der Waals surface area contributed by atoms with Gasteiger partial charge in [-0.1, -0.05) is 6.92 Å². The highest BCUT2D eigenvalue weighted by Crippen LogP contribution is 2.50. The Bertz CT molecular complexity index is 1660. The molecule has 64 heavy (non-hydrogen) atoms. The van der Waals surface area contributed by atoms with Crippen molar-refractivity contribution in [1.29, 1.82) is 0 Å². The predicted octanol–water partition coefficient (Wildman–Crippen LogP) is 4.65. The molecule has 2 amide bonds. The Balaban J connectivity index is 1.36. The summed E-state index contributed by atoms with van der Waals surface area (Å²) in [5.74, 6) is -28.7. The second-order valence-corrected chi connectivity index (χ2v) is 17.1. The molecule has 4 N–H and O–H groups in total. The first-order chi connectivity index (χ1) is 29.7. The lowest BCUT2D eigenvalue weighted by atomic mass is 9.66. The van der Waals surface area contributed by atoms with E-state index in [0.29, 0.717) is 0 Å². The number of halogens is 18. The van der Waals surface area contributed by atoms with E-state index >= 15 is 57.1 Å². The second kappa shape index (κ2) is 19.6. The molecular weight excluding hydrogens is 947 g/mol. The summed E-state index contributed by atoms with van der Waals surface area (Å²) in [7, 11) is 0.794. The van der Waals surface area contributed by atoms with E-state index in [1.807, 2.05) is 0 Å². The Morgan fingerprint density at radius 2 is 0.734 bits per heavy atom. The maximum atomic E-state index is 16.1. The molecule has 5 saturated carbocycles. The first-order valence-corrected chi connectivity index (χ1v) is 19.9. The Kier molecular flexibility index (Phi) is 15.9. The fourth-order valence-electron chi connectivity index (χ4n) is 9.52. The lowest BCUT2D eigenvalue weighted by Crippen LogP contribution is -2.68. The molecule has 5 aliphatic carbocycles. The molecule has 5 aliphatic rings. The topological polar surface area (TPSA) is 151 Å². The van der Waals surface area contributed by atoms with Crippen LogP contribution in [-0.4, -0.2) is 182 Å². The van der Waals surface area contributed by atoms with Crippen LogP contribution in [0.1, 0.15) is 6.92 Å². The van der Waals surface area contributed by atoms with E-state index in [-0.39, 0.29) is 0 Å². The highest BCUT2D eigenvalue weighted by molar-refractivity contribution is 6.21. The lowest BCUT2D eigenvalue weighted by molar-refractivity contribution is -0.240. The van der Waals surface area contributed by atoms with E-state index in [9.17, 15) is 47.0 Å². The monoisotopic (exact) mass is 986 g/mol. The summed E-state index contributed by atoms with van der Waals surface area (Å²) in [5, 5.41) is 19.9. The zero-order valence-corrected chi connectivity index (χ0v) is 33.2. The molecule has 5 rings (SSSR count). The number of carbonyl (C=O) groups excluding carboxylic acids is 2. The van der Waals surface area contributed by atoms with Gasteiger partial charge in [0.2, 0.25) is 11.8 Å². The lowest BCUT2D eigenvalue weighted by Gasteiger charge is -2.50. The third-order valence-corrected chi connectivity index (χ3v) is 13.5. The number of hydrogen-bond acceptors (Lipinski definition) is 6. The fraction of sp³-hybridized carbons (Fsp3) is 0.889. The van der Waals surface area contributed by atoms with Gasteiger partial charge in [0.15, 0.2) is 37.0 Å². The minimum absolute atomic E-state index is 0.794. The predicted molar refractivity (Wildman–Crippen MR) is 182 cm³/mol. The largest absolute Gasteiger partial charge is 0.481 e. The standard InChI is InChI=1S/C36H40ClF17N2O8/c1-3-11(38)10(37)21(48)28(12(3)39)56-34(58)7-9(36(61)62)18(45)27(54)30(20(7)47)64-32-24(51)15(42)5(16(43)25(32)52)4-13(40)22(49)31(23(50)14(4)41)63-29-19(46)6(33(57)55-2)8(35(59)60)17(44)26(29)53/h3-32H,1-2H3,(H,55,57)(H,56,58)(H,59,60)(H,61,62). The highest BCUT2D eigenvalue weighted by Gasteiger charge is 2.68. The fourth-order valence-corrected chi connectivity index (χ4v) is 9.91. The smallest absolute Gasteiger partial charge is 0.310 e. The van der Waals surface area contributed by atoms with Crippen LogP contribution in [0.15, 0.2) is 0 Å². The van der Waals surface area contributed by atoms with Crippen LogP contribution in [0, 0.1) is 41.4 Å². The van der Waals surface area contributed by atoms with Crippen LogP contribution >= 0.6 is 11.6 Å². The molecule has 28 heteroatoms. The molecule has 368 valence electrons. The van der Waals surface area contributed by atoms with Crippen LogP contribution in [0.3, 0.4) is 0 Å². The summed E-state index contributed by atoms with van der Waals surface area (Å²) in [6.07, 6.45) is -72.9. The molecule has 10 nitrogen and oxygen atoms in total. The zero-order chi connectivity index (χ0) is 48.5. The van der Waals surface area contributed by atoms with Crippen molar-refractivity contribution in [2.45, 2.75) is 148 Å². The van der Waals surface area contributed by atoms with Gasteiger partial charge in [0.1, 0.15) is 104 Å². The van der Waals surface area contributed by atoms with Gasteiger partial charge < -0.3 is 30.3 Å². The maximum absolute atomic E-state index is 16.1. The Morgan fingerprint density at radius 3 is 1.06 bits per heavy atom. The molecule has 5 fully saturated rings. The van der Waals surface area contributed by atoms with Crippen LogP contribution in [0.5, 0.6) is 0 Å². The van der Waals surface area contributed by atoms with Crippen molar-refractivity contribution in [3.63, 3.8) is 0 Å². The van der Waals surface area contributed by atoms with E-state index in [1.165, 1.54) is 5.32 Å². The molecular formula is C36H40ClF17N2O8. The number of carbonyl (C=O) groups is 4. The average molecular weight is 987 g/mol. The number of ether oxygens (including phenoxy) is 2. The third-order valence-electron chi connectivity index (χ3n) is 13.1. The van der Waals surface area contributed by atoms with Crippen molar-refractivity contribution in [3.8, 4) is 0 Å². The molecule has 0 aromatic rings. The van der Waals surface area contributed by atoms with Gasteiger partial charge >= 0.3 is 11.9 Å². The summed E-state index contributed by atoms with van der Waals surface area (Å²) >= 11 is 5.60. The minimum Gasteiger partial charge on any atom is -0.481 e. The molecule has 0 spiro atoms. The summed E-state index contributed by atoms with van der Waals surface area (Å²) in [6.45, 7) is 0.860. The maximum Gasteiger partial charge on any atom is 0.310 e. The average Bonchev–Trinajstić information content (AvgIpc) is 3.24. The van der Waals surface area contributed by atoms with Crippen LogP contribution in [0.25, 0.3) is 0 Å². The van der Waals surface area contributed by atoms with Crippen molar-refractivity contribution in [1.82, 2.24) is 10.6 Å². The van der Waals surface area contributed by atoms with Crippen LogP contribution in [-0.2, 0) is 28.7 Å². The van der Waals surface area contributed by atoms with Gasteiger partial charge in [-0.3, -0.25) is 19.2 Å². The minimum atomic E-state index is -3.87. The number of alkyl halides is 18. The number of carboxylic acid groups (broad SMARTS) is 2. The molecule has 0 radical (unpaired) electrons. The van der Waals surface area contributed by atoms with Crippen LogP contribution in [0.4, 0.5) is 74.6 Å². The number of nitrogens with one attached hydrogen (secondary N) is 2. The Labute approximate surface area is 355 Å². The first-order valence-electron chi connectivity index (χ1n) is 19.5. The highest BCUT2D eigenvalue weighted by atomic mass is 35.5. The van der Waals surface area contributed by atoms with Crippen LogP contribution in [0.2, 0.25) is 0 Å². The number of amides is 2. The summed E-state index contributed by atoms with van der Waals surface area (Å²) < 4.78 is 271. The molecule has 26 unspecified atom stereocenters. The number of rotatable bonds is 10. The van der Waals surface area contributed by atoms with E-state index in [4.69, 9.17) is 11.6 Å². The molecule has 0 saturated heterocycles.